The molecule has 1 aliphatic carbocycles. The van der Waals surface area contributed by atoms with Crippen molar-refractivity contribution >= 4 is 11.9 Å². The first-order valence-electron chi connectivity index (χ1n) is 4.96. The topological polar surface area (TPSA) is 66.4 Å². The molecule has 1 fully saturated rings. The molecule has 0 saturated heterocycles. The van der Waals surface area contributed by atoms with E-state index in [2.05, 4.69) is 5.32 Å². The lowest BCUT2D eigenvalue weighted by atomic mass is 10.0. The van der Waals surface area contributed by atoms with Gasteiger partial charge in [-0.25, -0.2) is 4.79 Å². The molecule has 1 saturated carbocycles. The van der Waals surface area contributed by atoms with Gasteiger partial charge in [0.15, 0.2) is 0 Å². The first-order valence-corrected chi connectivity index (χ1v) is 4.96. The molecule has 0 aromatic heterocycles. The van der Waals surface area contributed by atoms with Crippen LogP contribution in [0.3, 0.4) is 0 Å². The molecule has 1 rings (SSSR count). The van der Waals surface area contributed by atoms with Crippen molar-refractivity contribution in [3.63, 3.8) is 0 Å². The highest BCUT2D eigenvalue weighted by atomic mass is 16.4. The van der Waals surface area contributed by atoms with Crippen molar-refractivity contribution in [1.82, 2.24) is 5.32 Å². The highest BCUT2D eigenvalue weighted by Gasteiger charge is 2.40. The fraction of sp³-hybridized carbons (Fsp3) is 0.800. The van der Waals surface area contributed by atoms with Crippen LogP contribution in [-0.4, -0.2) is 23.0 Å². The van der Waals surface area contributed by atoms with E-state index in [4.69, 9.17) is 5.11 Å². The summed E-state index contributed by atoms with van der Waals surface area (Å²) in [5.74, 6) is -0.696. The molecule has 0 aromatic rings. The lowest BCUT2D eigenvalue weighted by Crippen LogP contribution is -2.45. The molecule has 0 spiro atoms. The normalized spacial score (nSPS) is 27.1. The maximum Gasteiger partial charge on any atom is 0.326 e. The van der Waals surface area contributed by atoms with Crippen LogP contribution in [0.4, 0.5) is 0 Å². The van der Waals surface area contributed by atoms with Crippen LogP contribution in [0.2, 0.25) is 0 Å². The summed E-state index contributed by atoms with van der Waals surface area (Å²) in [6.07, 6.45) is 0.885. The third-order valence-corrected chi connectivity index (χ3v) is 2.68. The minimum Gasteiger partial charge on any atom is -0.480 e. The molecule has 0 aromatic carbocycles. The second-order valence-electron chi connectivity index (χ2n) is 4.39. The van der Waals surface area contributed by atoms with Crippen LogP contribution in [0.25, 0.3) is 0 Å². The summed E-state index contributed by atoms with van der Waals surface area (Å²) in [6.45, 7) is 5.57. The van der Waals surface area contributed by atoms with E-state index < -0.39 is 12.0 Å². The van der Waals surface area contributed by atoms with Crippen LogP contribution in [0.1, 0.15) is 27.2 Å². The Balaban J connectivity index is 2.47. The van der Waals surface area contributed by atoms with Gasteiger partial charge in [-0.15, -0.1) is 0 Å². The van der Waals surface area contributed by atoms with E-state index in [1.54, 1.807) is 13.8 Å². The Morgan fingerprint density at radius 3 is 2.21 bits per heavy atom. The minimum absolute atomic E-state index is 0.0376. The third kappa shape index (κ3) is 2.47. The van der Waals surface area contributed by atoms with Gasteiger partial charge in [-0.3, -0.25) is 4.79 Å². The van der Waals surface area contributed by atoms with Gasteiger partial charge in [0.25, 0.3) is 0 Å². The zero-order valence-corrected chi connectivity index (χ0v) is 8.78. The highest BCUT2D eigenvalue weighted by Crippen LogP contribution is 2.37. The van der Waals surface area contributed by atoms with Gasteiger partial charge in [0, 0.05) is 5.92 Å². The number of hydrogen-bond acceptors (Lipinski definition) is 2. The molecule has 4 heteroatoms. The average Bonchev–Trinajstić information content (AvgIpc) is 2.76. The van der Waals surface area contributed by atoms with Crippen LogP contribution >= 0.6 is 0 Å². The maximum atomic E-state index is 11.5. The Morgan fingerprint density at radius 1 is 1.43 bits per heavy atom. The zero-order chi connectivity index (χ0) is 10.9. The Hall–Kier alpha value is -1.06. The Bertz CT molecular complexity index is 250. The second kappa shape index (κ2) is 3.98. The number of carbonyl (C=O) groups is 2. The highest BCUT2D eigenvalue weighted by molar-refractivity contribution is 5.86. The van der Waals surface area contributed by atoms with E-state index in [0.717, 1.165) is 6.42 Å². The van der Waals surface area contributed by atoms with Gasteiger partial charge in [0.05, 0.1) is 0 Å². The largest absolute Gasteiger partial charge is 0.480 e. The fourth-order valence-electron chi connectivity index (χ4n) is 1.46. The summed E-state index contributed by atoms with van der Waals surface area (Å²) >= 11 is 0. The quantitative estimate of drug-likeness (QED) is 0.706. The molecule has 0 bridgehead atoms. The number of nitrogens with one attached hydrogen (secondary N) is 1. The molecule has 1 amide bonds. The standard InChI is InChI=1S/C10H17NO3/c1-5(2)8(10(13)14)11-9(12)7-4-6(7)3/h5-8H,4H2,1-3H3,(H,11,12)(H,13,14)/t6?,7?,8-/m1/s1. The Labute approximate surface area is 83.7 Å². The SMILES string of the molecule is CC1CC1C(=O)N[C@@H](C(=O)O)C(C)C. The van der Waals surface area contributed by atoms with E-state index in [1.165, 1.54) is 0 Å². The van der Waals surface area contributed by atoms with Crippen molar-refractivity contribution in [2.45, 2.75) is 33.2 Å². The van der Waals surface area contributed by atoms with Crippen LogP contribution in [0.15, 0.2) is 0 Å². The molecule has 4 nitrogen and oxygen atoms in total. The van der Waals surface area contributed by atoms with E-state index >= 15 is 0 Å². The molecule has 0 heterocycles. The van der Waals surface area contributed by atoms with Crippen LogP contribution < -0.4 is 5.32 Å². The van der Waals surface area contributed by atoms with Crippen molar-refractivity contribution in [1.29, 1.82) is 0 Å². The lowest BCUT2D eigenvalue weighted by Gasteiger charge is -2.17. The molecule has 2 N–H and O–H groups in total. The van der Waals surface area contributed by atoms with Crippen LogP contribution in [-0.2, 0) is 9.59 Å². The number of amides is 1. The average molecular weight is 199 g/mol. The van der Waals surface area contributed by atoms with Gasteiger partial charge in [-0.05, 0) is 18.3 Å². The van der Waals surface area contributed by atoms with E-state index in [-0.39, 0.29) is 17.7 Å². The molecule has 3 atom stereocenters. The smallest absolute Gasteiger partial charge is 0.326 e. The molecule has 2 unspecified atom stereocenters. The summed E-state index contributed by atoms with van der Waals surface area (Å²) in [7, 11) is 0. The number of carboxylic acid groups (broad SMARTS) is 1. The zero-order valence-electron chi connectivity index (χ0n) is 8.78. The van der Waals surface area contributed by atoms with Crippen LogP contribution in [0, 0.1) is 17.8 Å². The molecule has 0 radical (unpaired) electrons. The van der Waals surface area contributed by atoms with Gasteiger partial charge < -0.3 is 10.4 Å². The summed E-state index contributed by atoms with van der Waals surface area (Å²) in [5, 5.41) is 11.4. The van der Waals surface area contributed by atoms with Gasteiger partial charge in [0.2, 0.25) is 5.91 Å². The molecule has 1 aliphatic rings. The summed E-state index contributed by atoms with van der Waals surface area (Å²) in [5.41, 5.74) is 0. The molecular formula is C10H17NO3. The van der Waals surface area contributed by atoms with Crippen molar-refractivity contribution in [3.05, 3.63) is 0 Å². The number of carboxylic acids is 1. The van der Waals surface area contributed by atoms with Gasteiger partial charge in [-0.1, -0.05) is 20.8 Å². The van der Waals surface area contributed by atoms with E-state index in [1.807, 2.05) is 6.92 Å². The van der Waals surface area contributed by atoms with Gasteiger partial charge >= 0.3 is 5.97 Å². The Kier molecular flexibility index (Phi) is 3.13. The predicted molar refractivity (Wildman–Crippen MR) is 51.7 cm³/mol. The lowest BCUT2D eigenvalue weighted by molar-refractivity contribution is -0.143. The monoisotopic (exact) mass is 199 g/mol. The van der Waals surface area contributed by atoms with E-state index in [0.29, 0.717) is 5.92 Å². The summed E-state index contributed by atoms with van der Waals surface area (Å²) in [4.78, 5) is 22.2. The van der Waals surface area contributed by atoms with Crippen molar-refractivity contribution in [2.75, 3.05) is 0 Å². The Morgan fingerprint density at radius 2 is 1.93 bits per heavy atom. The number of carbonyl (C=O) groups excluding carboxylic acids is 1. The first kappa shape index (κ1) is 11.0. The van der Waals surface area contributed by atoms with Crippen LogP contribution in [0.5, 0.6) is 0 Å². The predicted octanol–water partition coefficient (Wildman–Crippen LogP) is 0.868. The van der Waals surface area contributed by atoms with Crippen molar-refractivity contribution in [2.24, 2.45) is 17.8 Å². The second-order valence-corrected chi connectivity index (χ2v) is 4.39. The van der Waals surface area contributed by atoms with E-state index in [9.17, 15) is 9.59 Å². The molecule has 0 aliphatic heterocycles. The molecular weight excluding hydrogens is 182 g/mol. The fourth-order valence-corrected chi connectivity index (χ4v) is 1.46. The van der Waals surface area contributed by atoms with Crippen molar-refractivity contribution < 1.29 is 14.7 Å². The molecule has 80 valence electrons. The number of rotatable bonds is 4. The third-order valence-electron chi connectivity index (χ3n) is 2.68. The summed E-state index contributed by atoms with van der Waals surface area (Å²) < 4.78 is 0. The minimum atomic E-state index is -0.957. The van der Waals surface area contributed by atoms with Gasteiger partial charge in [-0.2, -0.15) is 0 Å². The summed E-state index contributed by atoms with van der Waals surface area (Å²) in [6, 6.07) is -0.754. The van der Waals surface area contributed by atoms with Crippen molar-refractivity contribution in [3.8, 4) is 0 Å². The number of hydrogen-bond donors (Lipinski definition) is 2. The van der Waals surface area contributed by atoms with Gasteiger partial charge in [0.1, 0.15) is 6.04 Å². The maximum absolute atomic E-state index is 11.5. The molecule has 14 heavy (non-hydrogen) atoms. The first-order chi connectivity index (χ1) is 6.43. The number of aliphatic carboxylic acids is 1.